The Bertz CT molecular complexity index is 528. The number of methoxy groups -OCH3 is 1. The Hall–Kier alpha value is -0.890. The Labute approximate surface area is 136 Å². The molecular formula is C16H20F4O4. The molecular weight excluding hydrogens is 332 g/mol. The van der Waals surface area contributed by atoms with Gasteiger partial charge >= 0.3 is 17.8 Å². The van der Waals surface area contributed by atoms with Crippen molar-refractivity contribution in [3.05, 3.63) is 0 Å². The molecule has 4 nitrogen and oxygen atoms in total. The Morgan fingerprint density at radius 3 is 1.92 bits per heavy atom. The molecule has 1 heterocycles. The fourth-order valence-corrected chi connectivity index (χ4v) is 5.52. The van der Waals surface area contributed by atoms with Crippen molar-refractivity contribution in [1.82, 2.24) is 0 Å². The van der Waals surface area contributed by atoms with Crippen LogP contribution in [-0.2, 0) is 19.0 Å². The first-order valence-electron chi connectivity index (χ1n) is 8.26. The summed E-state index contributed by atoms with van der Waals surface area (Å²) in [4.78, 5) is 12.3. The number of carbonyl (C=O) groups excluding carboxylic acids is 1. The van der Waals surface area contributed by atoms with Crippen LogP contribution in [-0.4, -0.2) is 43.9 Å². The van der Waals surface area contributed by atoms with Gasteiger partial charge in [0.2, 0.25) is 0 Å². The van der Waals surface area contributed by atoms with Gasteiger partial charge in [-0.15, -0.1) is 0 Å². The zero-order chi connectivity index (χ0) is 17.4. The standard InChI is InChI=1S/C16H20F4O4/c1-22-12(21)13-4-9-2-10(5-13)16(11(3-9)6-13)23-7-14(17,18)15(19,20)8-24-16/h9-11H,2-8H2,1H3. The van der Waals surface area contributed by atoms with E-state index in [0.717, 1.165) is 0 Å². The van der Waals surface area contributed by atoms with Crippen molar-refractivity contribution in [2.75, 3.05) is 20.3 Å². The van der Waals surface area contributed by atoms with Crippen molar-refractivity contribution in [2.45, 2.75) is 49.7 Å². The second kappa shape index (κ2) is 4.84. The van der Waals surface area contributed by atoms with Gasteiger partial charge in [0.25, 0.3) is 0 Å². The lowest BCUT2D eigenvalue weighted by Crippen LogP contribution is -2.65. The normalized spacial score (nSPS) is 44.3. The van der Waals surface area contributed by atoms with Crippen LogP contribution in [0.25, 0.3) is 0 Å². The topological polar surface area (TPSA) is 44.8 Å². The lowest BCUT2D eigenvalue weighted by atomic mass is 9.47. The predicted molar refractivity (Wildman–Crippen MR) is 72.5 cm³/mol. The maximum absolute atomic E-state index is 13.7. The van der Waals surface area contributed by atoms with Crippen LogP contribution < -0.4 is 0 Å². The zero-order valence-corrected chi connectivity index (χ0v) is 13.3. The number of hydrogen-bond donors (Lipinski definition) is 0. The number of hydrogen-bond acceptors (Lipinski definition) is 4. The summed E-state index contributed by atoms with van der Waals surface area (Å²) in [5.74, 6) is -10.7. The van der Waals surface area contributed by atoms with Crippen LogP contribution in [0.5, 0.6) is 0 Å². The molecule has 0 aromatic carbocycles. The highest BCUT2D eigenvalue weighted by Crippen LogP contribution is 2.66. The Morgan fingerprint density at radius 2 is 1.46 bits per heavy atom. The first kappa shape index (κ1) is 16.6. The molecule has 0 aromatic heterocycles. The molecule has 1 saturated heterocycles. The molecule has 8 heteroatoms. The highest BCUT2D eigenvalue weighted by atomic mass is 19.3. The van der Waals surface area contributed by atoms with Crippen molar-refractivity contribution in [3.63, 3.8) is 0 Å². The maximum Gasteiger partial charge on any atom is 0.335 e. The van der Waals surface area contributed by atoms with Crippen molar-refractivity contribution in [2.24, 2.45) is 23.2 Å². The SMILES string of the molecule is COC(=O)C12CC3CC(C1)C1(OCC(F)(F)C(F)(F)CO1)C(C3)C2. The van der Waals surface area contributed by atoms with Gasteiger partial charge in [-0.1, -0.05) is 0 Å². The second-order valence-corrected chi connectivity index (χ2v) is 7.82. The molecule has 0 radical (unpaired) electrons. The molecule has 5 fully saturated rings. The lowest BCUT2D eigenvalue weighted by Gasteiger charge is -2.62. The summed E-state index contributed by atoms with van der Waals surface area (Å²) in [6, 6.07) is 0. The molecule has 2 atom stereocenters. The van der Waals surface area contributed by atoms with Gasteiger partial charge < -0.3 is 14.2 Å². The fourth-order valence-electron chi connectivity index (χ4n) is 5.52. The fraction of sp³-hybridized carbons (Fsp3) is 0.938. The molecule has 24 heavy (non-hydrogen) atoms. The van der Waals surface area contributed by atoms with Crippen molar-refractivity contribution >= 4 is 5.97 Å². The van der Waals surface area contributed by atoms with Gasteiger partial charge in [-0.3, -0.25) is 4.79 Å². The number of esters is 1. The van der Waals surface area contributed by atoms with Gasteiger partial charge in [0.05, 0.1) is 12.5 Å². The van der Waals surface area contributed by atoms with E-state index in [1.807, 2.05) is 0 Å². The summed E-state index contributed by atoms with van der Waals surface area (Å²) < 4.78 is 70.4. The van der Waals surface area contributed by atoms with E-state index < -0.39 is 36.3 Å². The number of carbonyl (C=O) groups is 1. The summed E-state index contributed by atoms with van der Waals surface area (Å²) >= 11 is 0. The van der Waals surface area contributed by atoms with Crippen molar-refractivity contribution < 1.29 is 36.6 Å². The monoisotopic (exact) mass is 352 g/mol. The Balaban J connectivity index is 1.66. The van der Waals surface area contributed by atoms with Gasteiger partial charge in [-0.25, -0.2) is 0 Å². The Kier molecular flexibility index (Phi) is 3.34. The van der Waals surface area contributed by atoms with Crippen LogP contribution in [0.4, 0.5) is 17.6 Å². The third-order valence-corrected chi connectivity index (χ3v) is 6.44. The molecule has 5 rings (SSSR count). The number of alkyl halides is 4. The van der Waals surface area contributed by atoms with Crippen LogP contribution in [0, 0.1) is 23.2 Å². The average Bonchev–Trinajstić information content (AvgIpc) is 2.60. The third kappa shape index (κ3) is 2.01. The molecule has 4 bridgehead atoms. The molecule has 0 aromatic rings. The second-order valence-electron chi connectivity index (χ2n) is 7.82. The summed E-state index contributed by atoms with van der Waals surface area (Å²) in [5.41, 5.74) is -0.652. The molecule has 0 amide bonds. The molecule has 2 unspecified atom stereocenters. The molecule has 4 aliphatic carbocycles. The molecule has 0 N–H and O–H groups in total. The van der Waals surface area contributed by atoms with Gasteiger partial charge in [0.1, 0.15) is 13.2 Å². The highest BCUT2D eigenvalue weighted by Gasteiger charge is 2.70. The van der Waals surface area contributed by atoms with E-state index in [9.17, 15) is 22.4 Å². The zero-order valence-electron chi connectivity index (χ0n) is 13.3. The number of rotatable bonds is 1. The van der Waals surface area contributed by atoms with E-state index in [0.29, 0.717) is 32.1 Å². The van der Waals surface area contributed by atoms with Crippen LogP contribution in [0.15, 0.2) is 0 Å². The average molecular weight is 352 g/mol. The summed E-state index contributed by atoms with van der Waals surface area (Å²) in [6.45, 7) is -2.72. The van der Waals surface area contributed by atoms with E-state index in [1.165, 1.54) is 7.11 Å². The summed E-state index contributed by atoms with van der Waals surface area (Å²) in [7, 11) is 1.33. The quantitative estimate of drug-likeness (QED) is 0.538. The molecule has 1 aliphatic heterocycles. The number of ether oxygens (including phenoxy) is 3. The van der Waals surface area contributed by atoms with Crippen LogP contribution >= 0.6 is 0 Å². The molecule has 136 valence electrons. The highest BCUT2D eigenvalue weighted by molar-refractivity contribution is 5.77. The van der Waals surface area contributed by atoms with Gasteiger partial charge in [-0.2, -0.15) is 17.6 Å². The van der Waals surface area contributed by atoms with Gasteiger partial charge in [0, 0.05) is 11.8 Å². The van der Waals surface area contributed by atoms with Crippen molar-refractivity contribution in [1.29, 1.82) is 0 Å². The first-order valence-corrected chi connectivity index (χ1v) is 8.26. The van der Waals surface area contributed by atoms with E-state index >= 15 is 0 Å². The molecule has 1 spiro atoms. The number of halogens is 4. The predicted octanol–water partition coefficient (Wildman–Crippen LogP) is 3.00. The largest absolute Gasteiger partial charge is 0.469 e. The first-order chi connectivity index (χ1) is 11.1. The minimum atomic E-state index is -4.26. The molecule has 5 aliphatic rings. The lowest BCUT2D eigenvalue weighted by molar-refractivity contribution is -0.345. The van der Waals surface area contributed by atoms with Crippen molar-refractivity contribution in [3.8, 4) is 0 Å². The van der Waals surface area contributed by atoms with E-state index in [4.69, 9.17) is 14.2 Å². The van der Waals surface area contributed by atoms with Gasteiger partial charge in [0.15, 0.2) is 5.79 Å². The molecule has 4 saturated carbocycles. The Morgan fingerprint density at radius 1 is 0.958 bits per heavy atom. The van der Waals surface area contributed by atoms with Crippen LogP contribution in [0.3, 0.4) is 0 Å². The summed E-state index contributed by atoms with van der Waals surface area (Å²) in [5, 5.41) is 0. The third-order valence-electron chi connectivity index (χ3n) is 6.44. The minimum absolute atomic E-state index is 0.253. The van der Waals surface area contributed by atoms with E-state index in [2.05, 4.69) is 0 Å². The van der Waals surface area contributed by atoms with E-state index in [-0.39, 0.29) is 23.7 Å². The summed E-state index contributed by atoms with van der Waals surface area (Å²) in [6.07, 6.45) is 2.75. The van der Waals surface area contributed by atoms with E-state index in [1.54, 1.807) is 0 Å². The maximum atomic E-state index is 13.7. The van der Waals surface area contributed by atoms with Crippen LogP contribution in [0.2, 0.25) is 0 Å². The van der Waals surface area contributed by atoms with Crippen LogP contribution in [0.1, 0.15) is 32.1 Å². The van der Waals surface area contributed by atoms with Gasteiger partial charge in [-0.05, 0) is 38.0 Å². The smallest absolute Gasteiger partial charge is 0.335 e. The minimum Gasteiger partial charge on any atom is -0.469 e.